The Morgan fingerprint density at radius 3 is 2.39 bits per heavy atom. The predicted molar refractivity (Wildman–Crippen MR) is 108 cm³/mol. The van der Waals surface area contributed by atoms with Crippen molar-refractivity contribution in [3.05, 3.63) is 18.2 Å². The van der Waals surface area contributed by atoms with Crippen molar-refractivity contribution in [3.8, 4) is 11.5 Å². The largest absolute Gasteiger partial charge is 0.497 e. The number of anilines is 1. The number of hydrazone groups is 1. The van der Waals surface area contributed by atoms with Gasteiger partial charge in [0.25, 0.3) is 5.91 Å². The minimum atomic E-state index is -1.59. The van der Waals surface area contributed by atoms with Crippen LogP contribution in [0.4, 0.5) is 5.69 Å². The third-order valence-corrected chi connectivity index (χ3v) is 3.74. The van der Waals surface area contributed by atoms with Crippen LogP contribution in [0.25, 0.3) is 0 Å². The first kappa shape index (κ1) is 21.0. The van der Waals surface area contributed by atoms with Gasteiger partial charge in [-0.1, -0.05) is 0 Å². The van der Waals surface area contributed by atoms with Gasteiger partial charge in [-0.2, -0.15) is 5.10 Å². The molecule has 1 fully saturated rings. The van der Waals surface area contributed by atoms with Crippen LogP contribution in [0.2, 0.25) is 0 Å². The van der Waals surface area contributed by atoms with Crippen LogP contribution < -0.4 is 36.6 Å². The number of hydrogen-bond acceptors (Lipinski definition) is 8. The van der Waals surface area contributed by atoms with E-state index in [1.165, 1.54) is 26.4 Å². The van der Waals surface area contributed by atoms with Crippen molar-refractivity contribution in [3.63, 3.8) is 0 Å². The van der Waals surface area contributed by atoms with Gasteiger partial charge >= 0.3 is 0 Å². The molecule has 0 unspecified atom stereocenters. The number of methoxy groups -OCH3 is 2. The van der Waals surface area contributed by atoms with Crippen molar-refractivity contribution in [1.82, 2.24) is 16.1 Å². The van der Waals surface area contributed by atoms with Gasteiger partial charge in [0.2, 0.25) is 11.8 Å². The molecule has 13 heteroatoms. The standard InChI is InChI=1S/C15H16N6O5S2/c1-25-6-3-4-7(8(5-6)26-2)17-13(24)10(20-21-14(16)27)9-11(22)18-15(28)19-12(9)23/h3-5,9H,1-2H3,(H,17,24)(H3,16,21,27)(H2,18,19,22,23,28)/b20-10-. The molecule has 0 saturated carbocycles. The summed E-state index contributed by atoms with van der Waals surface area (Å²) in [5.74, 6) is -3.32. The molecule has 1 saturated heterocycles. The van der Waals surface area contributed by atoms with E-state index in [9.17, 15) is 14.4 Å². The van der Waals surface area contributed by atoms with E-state index in [4.69, 9.17) is 27.4 Å². The molecule has 1 heterocycles. The average molecular weight is 424 g/mol. The molecule has 11 nitrogen and oxygen atoms in total. The normalized spacial score (nSPS) is 14.6. The molecule has 0 atom stereocenters. The number of nitrogens with two attached hydrogens (primary N) is 1. The van der Waals surface area contributed by atoms with Crippen LogP contribution in [-0.2, 0) is 14.4 Å². The lowest BCUT2D eigenvalue weighted by Crippen LogP contribution is -2.59. The fraction of sp³-hybridized carbons (Fsp3) is 0.200. The molecular formula is C15H16N6O5S2. The van der Waals surface area contributed by atoms with E-state index in [2.05, 4.69) is 38.7 Å². The SMILES string of the molecule is COc1ccc(NC(=O)/C(=N\NC(N)=S)C2C(=O)NC(=S)NC2=O)c(OC)c1. The highest BCUT2D eigenvalue weighted by atomic mass is 32.1. The number of thiocarbonyl (C=S) groups is 2. The summed E-state index contributed by atoms with van der Waals surface area (Å²) >= 11 is 9.39. The van der Waals surface area contributed by atoms with Gasteiger partial charge in [-0.3, -0.25) is 19.8 Å². The second kappa shape index (κ2) is 9.05. The van der Waals surface area contributed by atoms with Crippen LogP contribution in [0.5, 0.6) is 11.5 Å². The van der Waals surface area contributed by atoms with Crippen molar-refractivity contribution in [1.29, 1.82) is 0 Å². The Bertz CT molecular complexity index is 868. The Kier molecular flexibility index (Phi) is 6.79. The molecule has 0 bridgehead atoms. The zero-order chi connectivity index (χ0) is 20.8. The molecule has 2 rings (SSSR count). The molecule has 0 spiro atoms. The number of nitrogens with zero attached hydrogens (tertiary/aromatic N) is 1. The van der Waals surface area contributed by atoms with Gasteiger partial charge in [-0.15, -0.1) is 0 Å². The molecule has 0 aromatic heterocycles. The topological polar surface area (TPSA) is 156 Å². The predicted octanol–water partition coefficient (Wildman–Crippen LogP) is -1.02. The number of carbonyl (C=O) groups excluding carboxylic acids is 3. The van der Waals surface area contributed by atoms with Crippen molar-refractivity contribution in [2.75, 3.05) is 19.5 Å². The summed E-state index contributed by atoms with van der Waals surface area (Å²) in [7, 11) is 2.88. The van der Waals surface area contributed by atoms with Crippen molar-refractivity contribution in [2.24, 2.45) is 16.8 Å². The Labute approximate surface area is 170 Å². The van der Waals surface area contributed by atoms with E-state index >= 15 is 0 Å². The zero-order valence-electron chi connectivity index (χ0n) is 14.7. The molecule has 1 aliphatic rings. The number of rotatable bonds is 6. The van der Waals surface area contributed by atoms with Crippen LogP contribution in [0, 0.1) is 5.92 Å². The first-order chi connectivity index (χ1) is 13.3. The van der Waals surface area contributed by atoms with E-state index in [1.54, 1.807) is 6.07 Å². The van der Waals surface area contributed by atoms with Crippen molar-refractivity contribution < 1.29 is 23.9 Å². The molecule has 3 amide bonds. The minimum Gasteiger partial charge on any atom is -0.497 e. The molecule has 1 aliphatic heterocycles. The number of benzene rings is 1. The van der Waals surface area contributed by atoms with Crippen LogP contribution in [0.3, 0.4) is 0 Å². The zero-order valence-corrected chi connectivity index (χ0v) is 16.3. The fourth-order valence-electron chi connectivity index (χ4n) is 2.22. The van der Waals surface area contributed by atoms with E-state index in [-0.39, 0.29) is 21.7 Å². The Morgan fingerprint density at radius 1 is 1.21 bits per heavy atom. The summed E-state index contributed by atoms with van der Waals surface area (Å²) in [5, 5.41) is 10.3. The van der Waals surface area contributed by atoms with E-state index < -0.39 is 29.4 Å². The number of carbonyl (C=O) groups is 3. The van der Waals surface area contributed by atoms with Gasteiger partial charge < -0.3 is 31.2 Å². The van der Waals surface area contributed by atoms with E-state index in [1.807, 2.05) is 0 Å². The van der Waals surface area contributed by atoms with Gasteiger partial charge in [0.15, 0.2) is 16.1 Å². The number of amides is 3. The second-order valence-electron chi connectivity index (χ2n) is 5.23. The van der Waals surface area contributed by atoms with Crippen molar-refractivity contribution in [2.45, 2.75) is 0 Å². The van der Waals surface area contributed by atoms with Crippen LogP contribution >= 0.6 is 24.4 Å². The van der Waals surface area contributed by atoms with Crippen molar-refractivity contribution >= 4 is 63.8 Å². The third kappa shape index (κ3) is 4.89. The van der Waals surface area contributed by atoms with Gasteiger partial charge in [-0.25, -0.2) is 0 Å². The summed E-state index contributed by atoms with van der Waals surface area (Å²) in [6, 6.07) is 4.64. The maximum atomic E-state index is 12.8. The van der Waals surface area contributed by atoms with Crippen LogP contribution in [0.1, 0.15) is 0 Å². The lowest BCUT2D eigenvalue weighted by Gasteiger charge is -2.23. The number of ether oxygens (including phenoxy) is 2. The summed E-state index contributed by atoms with van der Waals surface area (Å²) in [6.07, 6.45) is 0. The van der Waals surface area contributed by atoms with Crippen LogP contribution in [-0.4, -0.2) is 47.9 Å². The number of hydrogen-bond donors (Lipinski definition) is 5. The summed E-state index contributed by atoms with van der Waals surface area (Å²) in [4.78, 5) is 37.2. The maximum absolute atomic E-state index is 12.8. The maximum Gasteiger partial charge on any atom is 0.273 e. The second-order valence-corrected chi connectivity index (χ2v) is 6.08. The summed E-state index contributed by atoms with van der Waals surface area (Å²) < 4.78 is 10.3. The molecule has 0 aliphatic carbocycles. The number of nitrogens with one attached hydrogen (secondary N) is 4. The Balaban J connectivity index is 2.36. The highest BCUT2D eigenvalue weighted by Gasteiger charge is 2.40. The summed E-state index contributed by atoms with van der Waals surface area (Å²) in [6.45, 7) is 0. The third-order valence-electron chi connectivity index (χ3n) is 3.45. The first-order valence-corrected chi connectivity index (χ1v) is 8.40. The highest BCUT2D eigenvalue weighted by molar-refractivity contribution is 7.80. The van der Waals surface area contributed by atoms with Gasteiger partial charge in [-0.05, 0) is 36.6 Å². The fourth-order valence-corrected chi connectivity index (χ4v) is 2.46. The smallest absolute Gasteiger partial charge is 0.273 e. The molecule has 28 heavy (non-hydrogen) atoms. The van der Waals surface area contributed by atoms with Gasteiger partial charge in [0.05, 0.1) is 19.9 Å². The lowest BCUT2D eigenvalue weighted by molar-refractivity contribution is -0.132. The molecule has 1 aromatic carbocycles. The molecule has 1 aromatic rings. The molecule has 148 valence electrons. The molecular weight excluding hydrogens is 408 g/mol. The van der Waals surface area contributed by atoms with E-state index in [0.717, 1.165) is 0 Å². The molecule has 0 radical (unpaired) electrons. The minimum absolute atomic E-state index is 0.176. The highest BCUT2D eigenvalue weighted by Crippen LogP contribution is 2.29. The molecule has 6 N–H and O–H groups in total. The quantitative estimate of drug-likeness (QED) is 0.167. The average Bonchev–Trinajstić information content (AvgIpc) is 2.63. The first-order valence-electron chi connectivity index (χ1n) is 7.59. The van der Waals surface area contributed by atoms with Gasteiger partial charge in [0.1, 0.15) is 17.2 Å². The van der Waals surface area contributed by atoms with Gasteiger partial charge in [0, 0.05) is 6.07 Å². The summed E-state index contributed by atoms with van der Waals surface area (Å²) in [5.41, 5.74) is 7.29. The van der Waals surface area contributed by atoms with Crippen LogP contribution in [0.15, 0.2) is 23.3 Å². The Hall–Kier alpha value is -3.32. The monoisotopic (exact) mass is 424 g/mol. The van der Waals surface area contributed by atoms with E-state index in [0.29, 0.717) is 5.75 Å². The Morgan fingerprint density at radius 2 is 1.86 bits per heavy atom. The lowest BCUT2D eigenvalue weighted by atomic mass is 9.99.